The largest absolute Gasteiger partial charge is 0.465 e. The molecule has 0 unspecified atom stereocenters. The van der Waals surface area contributed by atoms with Crippen LogP contribution in [0.4, 0.5) is 0 Å². The number of hydrogen-bond acceptors (Lipinski definition) is 5. The summed E-state index contributed by atoms with van der Waals surface area (Å²) in [7, 11) is -2.74. The summed E-state index contributed by atoms with van der Waals surface area (Å²) < 4.78 is 34.0. The third-order valence-corrected chi connectivity index (χ3v) is 4.58. The average Bonchev–Trinajstić information content (AvgIpc) is 2.50. The van der Waals surface area contributed by atoms with Crippen LogP contribution in [0.3, 0.4) is 0 Å². The van der Waals surface area contributed by atoms with Crippen LogP contribution in [-0.4, -0.2) is 21.5 Å². The predicted octanol–water partition coefficient (Wildman–Crippen LogP) is 3.20. The number of carbonyl (C=O) groups is 1. The highest BCUT2D eigenvalue weighted by molar-refractivity contribution is 7.87. The number of ether oxygens (including phenoxy) is 1. The zero-order valence-corrected chi connectivity index (χ0v) is 13.4. The van der Waals surface area contributed by atoms with Gasteiger partial charge in [-0.1, -0.05) is 11.6 Å². The van der Waals surface area contributed by atoms with Crippen molar-refractivity contribution in [1.82, 2.24) is 0 Å². The Bertz CT molecular complexity index is 797. The molecule has 0 atom stereocenters. The number of benzene rings is 2. The lowest BCUT2D eigenvalue weighted by molar-refractivity contribution is 0.0600. The molecule has 0 fully saturated rings. The van der Waals surface area contributed by atoms with Crippen LogP contribution in [0.5, 0.6) is 5.75 Å². The lowest BCUT2D eigenvalue weighted by atomic mass is 10.2. The molecule has 0 aliphatic heterocycles. The van der Waals surface area contributed by atoms with E-state index in [1.54, 1.807) is 13.0 Å². The summed E-state index contributed by atoms with van der Waals surface area (Å²) in [4.78, 5) is 11.3. The third-order valence-electron chi connectivity index (χ3n) is 2.90. The molecule has 0 aliphatic rings. The molecule has 22 heavy (non-hydrogen) atoms. The molecule has 0 spiro atoms. The normalized spacial score (nSPS) is 11.0. The van der Waals surface area contributed by atoms with Gasteiger partial charge in [0.2, 0.25) is 0 Å². The highest BCUT2D eigenvalue weighted by Crippen LogP contribution is 2.24. The quantitative estimate of drug-likeness (QED) is 0.631. The van der Waals surface area contributed by atoms with Gasteiger partial charge < -0.3 is 8.92 Å². The van der Waals surface area contributed by atoms with E-state index in [0.29, 0.717) is 10.6 Å². The second-order valence-electron chi connectivity index (χ2n) is 4.46. The monoisotopic (exact) mass is 340 g/mol. The molecular weight excluding hydrogens is 328 g/mol. The second-order valence-corrected chi connectivity index (χ2v) is 6.42. The highest BCUT2D eigenvalue weighted by Gasteiger charge is 2.18. The molecule has 0 aromatic heterocycles. The Morgan fingerprint density at radius 1 is 1.09 bits per heavy atom. The van der Waals surface area contributed by atoms with Gasteiger partial charge in [0.05, 0.1) is 12.7 Å². The van der Waals surface area contributed by atoms with Crippen molar-refractivity contribution >= 4 is 27.7 Å². The van der Waals surface area contributed by atoms with Crippen molar-refractivity contribution in [1.29, 1.82) is 0 Å². The second kappa shape index (κ2) is 6.37. The molecular formula is C15H13ClO5S. The zero-order valence-electron chi connectivity index (χ0n) is 11.9. The van der Waals surface area contributed by atoms with Crippen LogP contribution in [0, 0.1) is 6.92 Å². The summed E-state index contributed by atoms with van der Waals surface area (Å²) in [5.41, 5.74) is 0.958. The van der Waals surface area contributed by atoms with Gasteiger partial charge in [-0.25, -0.2) is 4.79 Å². The standard InChI is InChI=1S/C15H13ClO5S/c1-10-9-12(5-8-14(10)16)21-22(18,19)13-6-3-11(4-7-13)15(17)20-2/h3-9H,1-2H3. The van der Waals surface area contributed by atoms with E-state index in [2.05, 4.69) is 4.74 Å². The van der Waals surface area contributed by atoms with Crippen molar-refractivity contribution < 1.29 is 22.1 Å². The molecule has 0 bridgehead atoms. The van der Waals surface area contributed by atoms with E-state index >= 15 is 0 Å². The number of halogens is 1. The first-order valence-electron chi connectivity index (χ1n) is 6.22. The van der Waals surface area contributed by atoms with E-state index in [1.807, 2.05) is 0 Å². The van der Waals surface area contributed by atoms with E-state index in [4.69, 9.17) is 15.8 Å². The maximum absolute atomic E-state index is 12.2. The lowest BCUT2D eigenvalue weighted by Gasteiger charge is -2.08. The predicted molar refractivity (Wildman–Crippen MR) is 81.8 cm³/mol. The van der Waals surface area contributed by atoms with E-state index in [0.717, 1.165) is 0 Å². The van der Waals surface area contributed by atoms with Gasteiger partial charge in [-0.05, 0) is 55.0 Å². The van der Waals surface area contributed by atoms with Gasteiger partial charge in [0.25, 0.3) is 0 Å². The van der Waals surface area contributed by atoms with E-state index in [-0.39, 0.29) is 16.2 Å². The molecule has 0 heterocycles. The molecule has 0 saturated carbocycles. The lowest BCUT2D eigenvalue weighted by Crippen LogP contribution is -2.10. The van der Waals surface area contributed by atoms with E-state index in [9.17, 15) is 13.2 Å². The molecule has 7 heteroatoms. The summed E-state index contributed by atoms with van der Waals surface area (Å²) in [5.74, 6) is -0.378. The summed E-state index contributed by atoms with van der Waals surface area (Å²) in [6, 6.07) is 9.83. The Labute approximate surface area is 133 Å². The molecule has 0 aliphatic carbocycles. The first-order chi connectivity index (χ1) is 10.3. The molecule has 116 valence electrons. The first kappa shape index (κ1) is 16.3. The van der Waals surface area contributed by atoms with Gasteiger partial charge in [-0.2, -0.15) is 8.42 Å². The molecule has 0 N–H and O–H groups in total. The van der Waals surface area contributed by atoms with Crippen molar-refractivity contribution in [2.45, 2.75) is 11.8 Å². The number of rotatable bonds is 4. The SMILES string of the molecule is COC(=O)c1ccc(S(=O)(=O)Oc2ccc(Cl)c(C)c2)cc1. The van der Waals surface area contributed by atoms with Crippen molar-refractivity contribution in [3.05, 3.63) is 58.6 Å². The van der Waals surface area contributed by atoms with Crippen LogP contribution in [0.25, 0.3) is 0 Å². The maximum atomic E-state index is 12.2. The van der Waals surface area contributed by atoms with Crippen molar-refractivity contribution in [2.75, 3.05) is 7.11 Å². The number of hydrogen-bond donors (Lipinski definition) is 0. The Hall–Kier alpha value is -2.05. The summed E-state index contributed by atoms with van der Waals surface area (Å²) in [6.07, 6.45) is 0. The fraction of sp³-hybridized carbons (Fsp3) is 0.133. The summed E-state index contributed by atoms with van der Waals surface area (Å²) in [5, 5.41) is 0.521. The minimum Gasteiger partial charge on any atom is -0.465 e. The molecule has 0 radical (unpaired) electrons. The van der Waals surface area contributed by atoms with Gasteiger partial charge >= 0.3 is 16.1 Å². The van der Waals surface area contributed by atoms with Crippen LogP contribution in [0.1, 0.15) is 15.9 Å². The molecule has 0 saturated heterocycles. The van der Waals surface area contributed by atoms with E-state index in [1.165, 1.54) is 43.5 Å². The fourth-order valence-corrected chi connectivity index (χ4v) is 2.76. The van der Waals surface area contributed by atoms with Crippen molar-refractivity contribution in [3.8, 4) is 5.75 Å². The number of methoxy groups -OCH3 is 1. The molecule has 2 aromatic carbocycles. The van der Waals surface area contributed by atoms with Gasteiger partial charge in [0.15, 0.2) is 0 Å². The molecule has 2 rings (SSSR count). The molecule has 2 aromatic rings. The Morgan fingerprint density at radius 2 is 1.73 bits per heavy atom. The molecule has 0 amide bonds. The van der Waals surface area contributed by atoms with E-state index < -0.39 is 16.1 Å². The highest BCUT2D eigenvalue weighted by atomic mass is 35.5. The number of carbonyl (C=O) groups excluding carboxylic acids is 1. The van der Waals surface area contributed by atoms with Gasteiger partial charge in [-0.15, -0.1) is 0 Å². The van der Waals surface area contributed by atoms with Crippen LogP contribution < -0.4 is 4.18 Å². The van der Waals surface area contributed by atoms with Gasteiger partial charge in [-0.3, -0.25) is 0 Å². The summed E-state index contributed by atoms with van der Waals surface area (Å²) in [6.45, 7) is 1.74. The van der Waals surface area contributed by atoms with Crippen LogP contribution in [-0.2, 0) is 14.9 Å². The van der Waals surface area contributed by atoms with Crippen LogP contribution >= 0.6 is 11.6 Å². The third kappa shape index (κ3) is 3.58. The van der Waals surface area contributed by atoms with Crippen LogP contribution in [0.15, 0.2) is 47.4 Å². The number of aryl methyl sites for hydroxylation is 1. The average molecular weight is 341 g/mol. The maximum Gasteiger partial charge on any atom is 0.339 e. The first-order valence-corrected chi connectivity index (χ1v) is 8.01. The minimum absolute atomic E-state index is 0.0623. The van der Waals surface area contributed by atoms with Crippen LogP contribution in [0.2, 0.25) is 5.02 Å². The Morgan fingerprint density at radius 3 is 2.27 bits per heavy atom. The molecule has 5 nitrogen and oxygen atoms in total. The Balaban J connectivity index is 2.26. The fourth-order valence-electron chi connectivity index (χ4n) is 1.72. The van der Waals surface area contributed by atoms with Gasteiger partial charge in [0.1, 0.15) is 10.6 Å². The van der Waals surface area contributed by atoms with Crippen molar-refractivity contribution in [2.24, 2.45) is 0 Å². The number of esters is 1. The van der Waals surface area contributed by atoms with Gasteiger partial charge in [0, 0.05) is 5.02 Å². The summed E-state index contributed by atoms with van der Waals surface area (Å²) >= 11 is 5.88. The Kier molecular flexibility index (Phi) is 4.73. The smallest absolute Gasteiger partial charge is 0.339 e. The van der Waals surface area contributed by atoms with Crippen molar-refractivity contribution in [3.63, 3.8) is 0 Å². The zero-order chi connectivity index (χ0) is 16.3. The topological polar surface area (TPSA) is 69.7 Å². The minimum atomic E-state index is -3.99.